The van der Waals surface area contributed by atoms with E-state index in [9.17, 15) is 0 Å². The Hall–Kier alpha value is -1.02. The molecule has 12 heavy (non-hydrogen) atoms. The van der Waals surface area contributed by atoms with Crippen LogP contribution < -0.4 is 0 Å². The first-order chi connectivity index (χ1) is 5.88. The maximum Gasteiger partial charge on any atom is 0.0947 e. The summed E-state index contributed by atoms with van der Waals surface area (Å²) in [5, 5.41) is 3.97. The second-order valence-corrected chi connectivity index (χ2v) is 3.10. The van der Waals surface area contributed by atoms with Crippen molar-refractivity contribution in [3.63, 3.8) is 0 Å². The summed E-state index contributed by atoms with van der Waals surface area (Å²) in [4.78, 5) is 0. The molecule has 0 radical (unpaired) electrons. The number of halogens is 1. The Morgan fingerprint density at radius 1 is 1.33 bits per heavy atom. The van der Waals surface area contributed by atoms with E-state index < -0.39 is 0 Å². The van der Waals surface area contributed by atoms with Crippen LogP contribution in [0.3, 0.4) is 0 Å². The van der Waals surface area contributed by atoms with E-state index in [-0.39, 0.29) is 6.04 Å². The van der Waals surface area contributed by atoms with Gasteiger partial charge in [-0.1, -0.05) is 30.3 Å². The molecule has 1 heterocycles. The lowest BCUT2D eigenvalue weighted by Crippen LogP contribution is -2.07. The minimum atomic E-state index is 0.216. The van der Waals surface area contributed by atoms with Gasteiger partial charge in [0.25, 0.3) is 0 Å². The maximum absolute atomic E-state index is 5.85. The van der Waals surface area contributed by atoms with Crippen LogP contribution in [0.25, 0.3) is 0 Å². The van der Waals surface area contributed by atoms with Gasteiger partial charge in [-0.05, 0) is 5.56 Å². The van der Waals surface area contributed by atoms with Gasteiger partial charge in [0.05, 0.1) is 6.04 Å². The first kappa shape index (κ1) is 7.62. The van der Waals surface area contributed by atoms with Gasteiger partial charge in [0.15, 0.2) is 0 Å². The molecule has 0 saturated carbocycles. The number of hydrogen-bond donors (Lipinski definition) is 0. The van der Waals surface area contributed by atoms with Crippen LogP contribution in [0.15, 0.2) is 35.4 Å². The van der Waals surface area contributed by atoms with Crippen molar-refractivity contribution in [1.29, 1.82) is 0 Å². The summed E-state index contributed by atoms with van der Waals surface area (Å²) in [5.41, 5.74) is 1.21. The van der Waals surface area contributed by atoms with Gasteiger partial charge in [0.1, 0.15) is 0 Å². The quantitative estimate of drug-likeness (QED) is 0.607. The van der Waals surface area contributed by atoms with Crippen molar-refractivity contribution in [3.05, 3.63) is 35.9 Å². The summed E-state index contributed by atoms with van der Waals surface area (Å²) in [6.07, 6.45) is 2.73. The summed E-state index contributed by atoms with van der Waals surface area (Å²) in [7, 11) is 0. The van der Waals surface area contributed by atoms with Gasteiger partial charge in [-0.2, -0.15) is 9.63 Å². The summed E-state index contributed by atoms with van der Waals surface area (Å²) >= 11 is 5.85. The topological polar surface area (TPSA) is 15.6 Å². The second kappa shape index (κ2) is 3.15. The summed E-state index contributed by atoms with van der Waals surface area (Å²) in [6.45, 7) is 0. The highest BCUT2D eigenvalue weighted by molar-refractivity contribution is 6.14. The summed E-state index contributed by atoms with van der Waals surface area (Å²) in [5.74, 6) is 0. The molecule has 2 nitrogen and oxygen atoms in total. The molecule has 0 spiro atoms. The molecular formula is C9H9ClN2. The third-order valence-electron chi connectivity index (χ3n) is 1.96. The van der Waals surface area contributed by atoms with Crippen LogP contribution in [-0.4, -0.2) is 10.7 Å². The van der Waals surface area contributed by atoms with E-state index in [4.69, 9.17) is 11.8 Å². The van der Waals surface area contributed by atoms with Crippen LogP contribution in [0.1, 0.15) is 18.0 Å². The molecule has 0 aromatic heterocycles. The highest BCUT2D eigenvalue weighted by Gasteiger charge is 2.20. The number of hydrazone groups is 1. The van der Waals surface area contributed by atoms with Crippen molar-refractivity contribution < 1.29 is 0 Å². The van der Waals surface area contributed by atoms with Gasteiger partial charge in [0.2, 0.25) is 0 Å². The Labute approximate surface area is 76.6 Å². The molecule has 1 aliphatic heterocycles. The fourth-order valence-electron chi connectivity index (χ4n) is 1.33. The zero-order chi connectivity index (χ0) is 8.39. The smallest absolute Gasteiger partial charge is 0.0947 e. The zero-order valence-electron chi connectivity index (χ0n) is 6.52. The van der Waals surface area contributed by atoms with E-state index in [1.54, 1.807) is 0 Å². The minimum absolute atomic E-state index is 0.216. The van der Waals surface area contributed by atoms with Crippen molar-refractivity contribution >= 4 is 18.0 Å². The summed E-state index contributed by atoms with van der Waals surface area (Å²) < 4.78 is 1.48. The summed E-state index contributed by atoms with van der Waals surface area (Å²) in [6, 6.07) is 10.4. The molecule has 0 bridgehead atoms. The Morgan fingerprint density at radius 3 is 2.67 bits per heavy atom. The molecule has 0 fully saturated rings. The predicted molar refractivity (Wildman–Crippen MR) is 50.0 cm³/mol. The van der Waals surface area contributed by atoms with Crippen molar-refractivity contribution in [2.75, 3.05) is 0 Å². The number of rotatable bonds is 1. The standard InChI is InChI=1S/C9H9ClN2/c10-12-9(6-7-11-12)8-4-2-1-3-5-8/h1-5,7,9H,6H2. The van der Waals surface area contributed by atoms with Crippen molar-refractivity contribution in [2.45, 2.75) is 12.5 Å². The lowest BCUT2D eigenvalue weighted by atomic mass is 10.1. The maximum atomic E-state index is 5.85. The largest absolute Gasteiger partial charge is 0.198 e. The van der Waals surface area contributed by atoms with Gasteiger partial charge in [-0.15, -0.1) is 0 Å². The molecule has 0 aliphatic carbocycles. The van der Waals surface area contributed by atoms with Gasteiger partial charge in [-0.3, -0.25) is 0 Å². The highest BCUT2D eigenvalue weighted by atomic mass is 35.5. The molecule has 1 aromatic carbocycles. The Morgan fingerprint density at radius 2 is 2.08 bits per heavy atom. The van der Waals surface area contributed by atoms with Crippen LogP contribution >= 0.6 is 11.8 Å². The van der Waals surface area contributed by atoms with E-state index in [2.05, 4.69) is 17.2 Å². The molecule has 1 aliphatic rings. The van der Waals surface area contributed by atoms with Crippen LogP contribution in [0, 0.1) is 0 Å². The van der Waals surface area contributed by atoms with Crippen molar-refractivity contribution in [1.82, 2.24) is 4.53 Å². The van der Waals surface area contributed by atoms with Crippen molar-refractivity contribution in [2.24, 2.45) is 5.10 Å². The Balaban J connectivity index is 2.22. The predicted octanol–water partition coefficient (Wildman–Crippen LogP) is 2.57. The second-order valence-electron chi connectivity index (χ2n) is 2.75. The third-order valence-corrected chi connectivity index (χ3v) is 2.29. The first-order valence-corrected chi connectivity index (χ1v) is 4.24. The Bertz CT molecular complexity index is 284. The van der Waals surface area contributed by atoms with Crippen LogP contribution in [-0.2, 0) is 0 Å². The Kier molecular flexibility index (Phi) is 2.00. The van der Waals surface area contributed by atoms with E-state index in [1.165, 1.54) is 10.1 Å². The molecule has 62 valence electrons. The molecule has 0 amide bonds. The molecule has 1 aromatic rings. The van der Waals surface area contributed by atoms with E-state index in [0.717, 1.165) is 6.42 Å². The molecule has 0 saturated heterocycles. The monoisotopic (exact) mass is 180 g/mol. The zero-order valence-corrected chi connectivity index (χ0v) is 7.28. The average Bonchev–Trinajstić information content (AvgIpc) is 2.53. The van der Waals surface area contributed by atoms with Gasteiger partial charge in [0, 0.05) is 24.4 Å². The van der Waals surface area contributed by atoms with E-state index in [0.29, 0.717) is 0 Å². The van der Waals surface area contributed by atoms with Crippen LogP contribution in [0.4, 0.5) is 0 Å². The molecule has 0 N–H and O–H groups in total. The van der Waals surface area contributed by atoms with Crippen molar-refractivity contribution in [3.8, 4) is 0 Å². The van der Waals surface area contributed by atoms with E-state index >= 15 is 0 Å². The number of nitrogens with zero attached hydrogens (tertiary/aromatic N) is 2. The fraction of sp³-hybridized carbons (Fsp3) is 0.222. The first-order valence-electron chi connectivity index (χ1n) is 3.90. The molecule has 1 atom stereocenters. The fourth-order valence-corrected chi connectivity index (χ4v) is 1.58. The third kappa shape index (κ3) is 1.30. The number of benzene rings is 1. The SMILES string of the molecule is ClN1N=CCC1c1ccccc1. The van der Waals surface area contributed by atoms with E-state index in [1.807, 2.05) is 24.4 Å². The molecule has 2 rings (SSSR count). The lowest BCUT2D eigenvalue weighted by Gasteiger charge is -2.15. The lowest BCUT2D eigenvalue weighted by molar-refractivity contribution is 0.404. The molecule has 1 unspecified atom stereocenters. The number of hydrogen-bond acceptors (Lipinski definition) is 2. The average molecular weight is 181 g/mol. The van der Waals surface area contributed by atoms with Gasteiger partial charge in [-0.25, -0.2) is 0 Å². The van der Waals surface area contributed by atoms with Gasteiger partial charge < -0.3 is 0 Å². The highest BCUT2D eigenvalue weighted by Crippen LogP contribution is 2.28. The van der Waals surface area contributed by atoms with Crippen LogP contribution in [0.2, 0.25) is 0 Å². The molecule has 3 heteroatoms. The van der Waals surface area contributed by atoms with Crippen LogP contribution in [0.5, 0.6) is 0 Å². The van der Waals surface area contributed by atoms with Gasteiger partial charge >= 0.3 is 0 Å². The normalized spacial score (nSPS) is 21.8. The molecular weight excluding hydrogens is 172 g/mol. The minimum Gasteiger partial charge on any atom is -0.198 e.